The molecule has 0 bridgehead atoms. The summed E-state index contributed by atoms with van der Waals surface area (Å²) in [5.74, 6) is 0.00822. The lowest BCUT2D eigenvalue weighted by Gasteiger charge is -2.10. The molecule has 0 radical (unpaired) electrons. The topological polar surface area (TPSA) is 110 Å². The fraction of sp³-hybridized carbons (Fsp3) is 0.421. The van der Waals surface area contributed by atoms with E-state index in [0.717, 1.165) is 19.3 Å². The number of aromatic nitrogens is 2. The van der Waals surface area contributed by atoms with Crippen molar-refractivity contribution in [2.24, 2.45) is 0 Å². The molecule has 8 nitrogen and oxygen atoms in total. The van der Waals surface area contributed by atoms with Crippen LogP contribution in [-0.2, 0) is 14.8 Å². The first-order chi connectivity index (χ1) is 13.5. The van der Waals surface area contributed by atoms with Gasteiger partial charge in [-0.05, 0) is 30.7 Å². The van der Waals surface area contributed by atoms with E-state index in [4.69, 9.17) is 4.74 Å². The summed E-state index contributed by atoms with van der Waals surface area (Å²) in [5.41, 5.74) is 0.551. The zero-order valence-corrected chi connectivity index (χ0v) is 17.0. The molecular weight excluding hydrogens is 380 g/mol. The fourth-order valence-electron chi connectivity index (χ4n) is 2.56. The number of carbonyl (C=O) groups is 1. The molecular formula is C19H26N4O4S. The number of anilines is 2. The van der Waals surface area contributed by atoms with Crippen LogP contribution in [-0.4, -0.2) is 31.4 Å². The van der Waals surface area contributed by atoms with Crippen LogP contribution in [0.15, 0.2) is 41.6 Å². The minimum atomic E-state index is -3.86. The molecule has 0 aliphatic rings. The highest BCUT2D eigenvalue weighted by Gasteiger charge is 2.18. The van der Waals surface area contributed by atoms with Gasteiger partial charge in [0.1, 0.15) is 0 Å². The molecule has 28 heavy (non-hydrogen) atoms. The number of hydrogen-bond donors (Lipinski definition) is 2. The van der Waals surface area contributed by atoms with E-state index in [1.54, 1.807) is 12.1 Å². The van der Waals surface area contributed by atoms with Crippen molar-refractivity contribution in [2.75, 3.05) is 17.1 Å². The summed E-state index contributed by atoms with van der Waals surface area (Å²) in [6.45, 7) is 2.15. The summed E-state index contributed by atoms with van der Waals surface area (Å²) < 4.78 is 32.4. The highest BCUT2D eigenvalue weighted by Crippen LogP contribution is 2.22. The Kier molecular flexibility index (Phi) is 8.19. The van der Waals surface area contributed by atoms with Crippen molar-refractivity contribution in [1.82, 2.24) is 9.97 Å². The van der Waals surface area contributed by atoms with Gasteiger partial charge < -0.3 is 10.1 Å². The van der Waals surface area contributed by atoms with Crippen molar-refractivity contribution < 1.29 is 17.9 Å². The molecule has 2 rings (SSSR count). The summed E-state index contributed by atoms with van der Waals surface area (Å²) in [4.78, 5) is 19.8. The lowest BCUT2D eigenvalue weighted by atomic mass is 10.1. The van der Waals surface area contributed by atoms with Gasteiger partial charge in [-0.2, -0.15) is 0 Å². The second kappa shape index (κ2) is 10.6. The van der Waals surface area contributed by atoms with Crippen LogP contribution in [0.3, 0.4) is 0 Å². The number of amides is 1. The van der Waals surface area contributed by atoms with Gasteiger partial charge in [0, 0.05) is 24.5 Å². The molecule has 0 saturated heterocycles. The van der Waals surface area contributed by atoms with Crippen molar-refractivity contribution >= 4 is 27.4 Å². The van der Waals surface area contributed by atoms with Gasteiger partial charge in [-0.25, -0.2) is 18.4 Å². The van der Waals surface area contributed by atoms with Crippen LogP contribution in [0.5, 0.6) is 5.88 Å². The molecule has 2 N–H and O–H groups in total. The highest BCUT2D eigenvalue weighted by molar-refractivity contribution is 7.92. The maximum atomic E-state index is 12.5. The Morgan fingerprint density at radius 1 is 1.04 bits per heavy atom. The second-order valence-electron chi connectivity index (χ2n) is 6.26. The summed E-state index contributed by atoms with van der Waals surface area (Å²) in [6, 6.07) is 5.94. The quantitative estimate of drug-likeness (QED) is 0.552. The Labute approximate surface area is 165 Å². The minimum Gasteiger partial charge on any atom is -0.478 e. The van der Waals surface area contributed by atoms with Gasteiger partial charge in [-0.15, -0.1) is 0 Å². The minimum absolute atomic E-state index is 0.00505. The number of nitrogens with zero attached hydrogens (tertiary/aromatic N) is 2. The van der Waals surface area contributed by atoms with Crippen LogP contribution >= 0.6 is 0 Å². The molecule has 0 aliphatic carbocycles. The van der Waals surface area contributed by atoms with Crippen LogP contribution < -0.4 is 14.8 Å². The lowest BCUT2D eigenvalue weighted by Crippen LogP contribution is -2.15. The van der Waals surface area contributed by atoms with Crippen molar-refractivity contribution in [3.05, 3.63) is 36.7 Å². The number of benzene rings is 1. The van der Waals surface area contributed by atoms with Crippen molar-refractivity contribution in [1.29, 1.82) is 0 Å². The molecule has 0 spiro atoms. The van der Waals surface area contributed by atoms with E-state index in [1.165, 1.54) is 44.5 Å². The average Bonchev–Trinajstić information content (AvgIpc) is 2.68. The summed E-state index contributed by atoms with van der Waals surface area (Å²) in [5, 5.41) is 2.78. The smallest absolute Gasteiger partial charge is 0.263 e. The van der Waals surface area contributed by atoms with Gasteiger partial charge in [-0.1, -0.05) is 32.6 Å². The molecule has 1 amide bonds. The van der Waals surface area contributed by atoms with E-state index in [2.05, 4.69) is 26.9 Å². The standard InChI is InChI=1S/C19H26N4O4S/c1-3-4-5-6-7-8-17(24)22-15-9-11-16(12-10-15)28(25,26)23-18-19(27-2)21-14-13-20-18/h9-14H,3-8H2,1-2H3,(H,20,23)(H,22,24). The fourth-order valence-corrected chi connectivity index (χ4v) is 3.57. The molecule has 0 saturated carbocycles. The number of methoxy groups -OCH3 is 1. The van der Waals surface area contributed by atoms with Gasteiger partial charge in [-0.3, -0.25) is 9.52 Å². The van der Waals surface area contributed by atoms with E-state index < -0.39 is 10.0 Å². The average molecular weight is 407 g/mol. The zero-order chi connectivity index (χ0) is 20.4. The third-order valence-electron chi connectivity index (χ3n) is 4.04. The Hall–Kier alpha value is -2.68. The predicted molar refractivity (Wildman–Crippen MR) is 108 cm³/mol. The zero-order valence-electron chi connectivity index (χ0n) is 16.1. The predicted octanol–water partition coefficient (Wildman–Crippen LogP) is 3.59. The number of sulfonamides is 1. The second-order valence-corrected chi connectivity index (χ2v) is 7.94. The number of carbonyl (C=O) groups excluding carboxylic acids is 1. The first-order valence-corrected chi connectivity index (χ1v) is 10.7. The Balaban J connectivity index is 1.94. The molecule has 1 heterocycles. The van der Waals surface area contributed by atoms with Crippen LogP contribution in [0.1, 0.15) is 45.4 Å². The highest BCUT2D eigenvalue weighted by atomic mass is 32.2. The lowest BCUT2D eigenvalue weighted by molar-refractivity contribution is -0.116. The monoisotopic (exact) mass is 406 g/mol. The Morgan fingerprint density at radius 3 is 2.39 bits per heavy atom. The summed E-state index contributed by atoms with van der Waals surface area (Å²) in [7, 11) is -2.48. The van der Waals surface area contributed by atoms with Crippen LogP contribution in [0.4, 0.5) is 11.5 Å². The normalized spacial score (nSPS) is 11.1. The molecule has 152 valence electrons. The van der Waals surface area contributed by atoms with Gasteiger partial charge in [0.2, 0.25) is 11.7 Å². The summed E-state index contributed by atoms with van der Waals surface area (Å²) >= 11 is 0. The van der Waals surface area contributed by atoms with Gasteiger partial charge >= 0.3 is 0 Å². The number of hydrogen-bond acceptors (Lipinski definition) is 6. The van der Waals surface area contributed by atoms with E-state index >= 15 is 0 Å². The Bertz CT molecular complexity index is 870. The van der Waals surface area contributed by atoms with Crippen LogP contribution in [0.2, 0.25) is 0 Å². The van der Waals surface area contributed by atoms with Crippen molar-refractivity contribution in [2.45, 2.75) is 50.3 Å². The molecule has 0 fully saturated rings. The molecule has 9 heteroatoms. The Morgan fingerprint density at radius 2 is 1.71 bits per heavy atom. The third kappa shape index (κ3) is 6.49. The number of ether oxygens (including phenoxy) is 1. The van der Waals surface area contributed by atoms with Crippen LogP contribution in [0, 0.1) is 0 Å². The first kappa shape index (κ1) is 21.6. The molecule has 1 aromatic carbocycles. The molecule has 0 aliphatic heterocycles. The van der Waals surface area contributed by atoms with Gasteiger partial charge in [0.15, 0.2) is 0 Å². The molecule has 2 aromatic rings. The SMILES string of the molecule is CCCCCCCC(=O)Nc1ccc(S(=O)(=O)Nc2nccnc2OC)cc1. The maximum absolute atomic E-state index is 12.5. The number of rotatable bonds is 11. The van der Waals surface area contributed by atoms with E-state index in [-0.39, 0.29) is 22.5 Å². The van der Waals surface area contributed by atoms with E-state index in [9.17, 15) is 13.2 Å². The first-order valence-electron chi connectivity index (χ1n) is 9.24. The largest absolute Gasteiger partial charge is 0.478 e. The summed E-state index contributed by atoms with van der Waals surface area (Å²) in [6.07, 6.45) is 8.60. The van der Waals surface area contributed by atoms with E-state index in [1.807, 2.05) is 0 Å². The third-order valence-corrected chi connectivity index (χ3v) is 5.40. The number of nitrogens with one attached hydrogen (secondary N) is 2. The van der Waals surface area contributed by atoms with Crippen molar-refractivity contribution in [3.8, 4) is 5.88 Å². The number of unbranched alkanes of at least 4 members (excludes halogenated alkanes) is 4. The van der Waals surface area contributed by atoms with Gasteiger partial charge in [0.25, 0.3) is 15.9 Å². The van der Waals surface area contributed by atoms with Crippen molar-refractivity contribution in [3.63, 3.8) is 0 Å². The molecule has 0 unspecified atom stereocenters. The van der Waals surface area contributed by atoms with Gasteiger partial charge in [0.05, 0.1) is 12.0 Å². The molecule has 1 aromatic heterocycles. The molecule has 0 atom stereocenters. The van der Waals surface area contributed by atoms with E-state index in [0.29, 0.717) is 12.1 Å². The maximum Gasteiger partial charge on any atom is 0.263 e. The van der Waals surface area contributed by atoms with Crippen LogP contribution in [0.25, 0.3) is 0 Å².